The van der Waals surface area contributed by atoms with Crippen molar-refractivity contribution < 1.29 is 9.53 Å². The molecule has 0 saturated heterocycles. The quantitative estimate of drug-likeness (QED) is 0.650. The Morgan fingerprint density at radius 3 is 2.59 bits per heavy atom. The number of unbranched alkanes of at least 4 members (excludes halogenated alkanes) is 2. The SMILES string of the molecule is CCCCCC(=O)C1=C(C)Oc2c(cc(C)cc2C(C)C)C1. The topological polar surface area (TPSA) is 26.3 Å². The number of carbonyl (C=O) groups is 1. The van der Waals surface area contributed by atoms with Crippen LogP contribution in [0.25, 0.3) is 0 Å². The van der Waals surface area contributed by atoms with Gasteiger partial charge in [-0.1, -0.05) is 51.3 Å². The molecule has 0 amide bonds. The van der Waals surface area contributed by atoms with Crippen LogP contribution in [-0.4, -0.2) is 5.78 Å². The van der Waals surface area contributed by atoms with E-state index in [0.29, 0.717) is 18.8 Å². The van der Waals surface area contributed by atoms with E-state index in [1.54, 1.807) is 0 Å². The maximum Gasteiger partial charge on any atom is 0.162 e. The number of benzene rings is 1. The van der Waals surface area contributed by atoms with Gasteiger partial charge in [-0.2, -0.15) is 0 Å². The normalized spacial score (nSPS) is 14.1. The van der Waals surface area contributed by atoms with Crippen LogP contribution in [0.3, 0.4) is 0 Å². The second-order valence-electron chi connectivity index (χ2n) is 6.69. The van der Waals surface area contributed by atoms with E-state index >= 15 is 0 Å². The van der Waals surface area contributed by atoms with Gasteiger partial charge in [-0.15, -0.1) is 0 Å². The Kier molecular flexibility index (Phi) is 5.44. The molecule has 0 atom stereocenters. The van der Waals surface area contributed by atoms with Crippen molar-refractivity contribution in [2.75, 3.05) is 0 Å². The lowest BCUT2D eigenvalue weighted by atomic mass is 9.89. The highest BCUT2D eigenvalue weighted by Gasteiger charge is 2.25. The zero-order chi connectivity index (χ0) is 16.3. The molecule has 1 aromatic rings. The Balaban J connectivity index is 2.26. The Bertz CT molecular complexity index is 594. The monoisotopic (exact) mass is 300 g/mol. The third kappa shape index (κ3) is 3.60. The first-order valence-electron chi connectivity index (χ1n) is 8.48. The van der Waals surface area contributed by atoms with Crippen LogP contribution in [0.1, 0.15) is 76.0 Å². The van der Waals surface area contributed by atoms with Crippen LogP contribution in [0, 0.1) is 6.92 Å². The molecule has 1 aromatic carbocycles. The molecule has 0 bridgehead atoms. The van der Waals surface area contributed by atoms with E-state index in [1.807, 2.05) is 6.92 Å². The molecule has 0 radical (unpaired) electrons. The molecule has 0 aliphatic carbocycles. The molecule has 0 aromatic heterocycles. The Morgan fingerprint density at radius 2 is 1.95 bits per heavy atom. The van der Waals surface area contributed by atoms with Crippen molar-refractivity contribution >= 4 is 5.78 Å². The fourth-order valence-electron chi connectivity index (χ4n) is 3.07. The van der Waals surface area contributed by atoms with Gasteiger partial charge in [0.05, 0.1) is 0 Å². The lowest BCUT2D eigenvalue weighted by Crippen LogP contribution is -2.17. The highest BCUT2D eigenvalue weighted by Crippen LogP contribution is 2.38. The molecule has 0 N–H and O–H groups in total. The molecule has 1 aliphatic rings. The minimum atomic E-state index is 0.254. The number of ketones is 1. The number of fused-ring (bicyclic) bond motifs is 1. The largest absolute Gasteiger partial charge is 0.461 e. The summed E-state index contributed by atoms with van der Waals surface area (Å²) in [7, 11) is 0. The van der Waals surface area contributed by atoms with Crippen molar-refractivity contribution in [3.05, 3.63) is 40.2 Å². The predicted molar refractivity (Wildman–Crippen MR) is 91.4 cm³/mol. The van der Waals surface area contributed by atoms with E-state index in [9.17, 15) is 4.79 Å². The number of Topliss-reactive ketones (excluding diaryl/α,β-unsaturated/α-hetero) is 1. The fourth-order valence-corrected chi connectivity index (χ4v) is 3.07. The second kappa shape index (κ2) is 7.13. The molecule has 0 unspecified atom stereocenters. The molecule has 2 nitrogen and oxygen atoms in total. The van der Waals surface area contributed by atoms with Crippen LogP contribution < -0.4 is 4.74 Å². The van der Waals surface area contributed by atoms with Gasteiger partial charge < -0.3 is 4.74 Å². The summed E-state index contributed by atoms with van der Waals surface area (Å²) in [5.41, 5.74) is 4.51. The van der Waals surface area contributed by atoms with Gasteiger partial charge in [0.15, 0.2) is 5.78 Å². The maximum absolute atomic E-state index is 12.5. The lowest BCUT2D eigenvalue weighted by Gasteiger charge is -2.25. The first-order chi connectivity index (χ1) is 10.4. The number of ether oxygens (including phenoxy) is 1. The number of carbonyl (C=O) groups excluding carboxylic acids is 1. The number of hydrogen-bond donors (Lipinski definition) is 0. The average Bonchev–Trinajstić information content (AvgIpc) is 2.46. The van der Waals surface area contributed by atoms with Gasteiger partial charge in [0.2, 0.25) is 0 Å². The third-order valence-corrected chi connectivity index (χ3v) is 4.35. The van der Waals surface area contributed by atoms with Crippen molar-refractivity contribution in [3.63, 3.8) is 0 Å². The first kappa shape index (κ1) is 16.8. The van der Waals surface area contributed by atoms with E-state index < -0.39 is 0 Å². The van der Waals surface area contributed by atoms with E-state index in [0.717, 1.165) is 41.9 Å². The number of hydrogen-bond acceptors (Lipinski definition) is 2. The highest BCUT2D eigenvalue weighted by atomic mass is 16.5. The van der Waals surface area contributed by atoms with Crippen molar-refractivity contribution in [1.29, 1.82) is 0 Å². The molecule has 1 heterocycles. The van der Waals surface area contributed by atoms with Crippen LogP contribution in [0.15, 0.2) is 23.5 Å². The molecular weight excluding hydrogens is 272 g/mol. The minimum Gasteiger partial charge on any atom is -0.461 e. The minimum absolute atomic E-state index is 0.254. The molecule has 2 rings (SSSR count). The fraction of sp³-hybridized carbons (Fsp3) is 0.550. The molecule has 0 fully saturated rings. The van der Waals surface area contributed by atoms with Gasteiger partial charge in [-0.25, -0.2) is 0 Å². The van der Waals surface area contributed by atoms with Crippen LogP contribution in [0.4, 0.5) is 0 Å². The van der Waals surface area contributed by atoms with Crippen LogP contribution >= 0.6 is 0 Å². The van der Waals surface area contributed by atoms with E-state index in [1.165, 1.54) is 11.1 Å². The summed E-state index contributed by atoms with van der Waals surface area (Å²) in [5.74, 6) is 2.44. The first-order valence-corrected chi connectivity index (χ1v) is 8.48. The smallest absolute Gasteiger partial charge is 0.162 e. The van der Waals surface area contributed by atoms with Gasteiger partial charge >= 0.3 is 0 Å². The summed E-state index contributed by atoms with van der Waals surface area (Å²) >= 11 is 0. The summed E-state index contributed by atoms with van der Waals surface area (Å²) in [6, 6.07) is 4.36. The van der Waals surface area contributed by atoms with Gasteiger partial charge in [0.25, 0.3) is 0 Å². The van der Waals surface area contributed by atoms with Gasteiger partial charge in [-0.3, -0.25) is 4.79 Å². The van der Waals surface area contributed by atoms with E-state index in [-0.39, 0.29) is 5.78 Å². The van der Waals surface area contributed by atoms with Crippen molar-refractivity contribution in [2.24, 2.45) is 0 Å². The molecule has 0 spiro atoms. The van der Waals surface area contributed by atoms with Crippen LogP contribution in [0.2, 0.25) is 0 Å². The Hall–Kier alpha value is -1.57. The van der Waals surface area contributed by atoms with Crippen LogP contribution in [0.5, 0.6) is 5.75 Å². The number of rotatable bonds is 6. The predicted octanol–water partition coefficient (Wildman–Crippen LogP) is 5.48. The molecular formula is C20H28O2. The van der Waals surface area contributed by atoms with Gasteiger partial charge in [0.1, 0.15) is 11.5 Å². The summed E-state index contributed by atoms with van der Waals surface area (Å²) in [6.45, 7) is 10.6. The van der Waals surface area contributed by atoms with Crippen molar-refractivity contribution in [1.82, 2.24) is 0 Å². The second-order valence-corrected chi connectivity index (χ2v) is 6.69. The zero-order valence-electron chi connectivity index (χ0n) is 14.6. The maximum atomic E-state index is 12.5. The Labute approximate surface area is 134 Å². The molecule has 2 heteroatoms. The average molecular weight is 300 g/mol. The van der Waals surface area contributed by atoms with Gasteiger partial charge in [-0.05, 0) is 37.3 Å². The molecule has 22 heavy (non-hydrogen) atoms. The van der Waals surface area contributed by atoms with E-state index in [2.05, 4.69) is 39.8 Å². The Morgan fingerprint density at radius 1 is 1.23 bits per heavy atom. The molecule has 0 saturated carbocycles. The summed E-state index contributed by atoms with van der Waals surface area (Å²) in [4.78, 5) is 12.5. The van der Waals surface area contributed by atoms with Crippen molar-refractivity contribution in [3.8, 4) is 5.75 Å². The highest BCUT2D eigenvalue weighted by molar-refractivity contribution is 5.96. The summed E-state index contributed by atoms with van der Waals surface area (Å²) in [6.07, 6.45) is 4.59. The van der Waals surface area contributed by atoms with Crippen LogP contribution in [-0.2, 0) is 11.2 Å². The van der Waals surface area contributed by atoms with Gasteiger partial charge in [0, 0.05) is 18.4 Å². The standard InChI is InChI=1S/C20H28O2/c1-6-7-8-9-19(21)18-12-16-10-14(4)11-17(13(2)3)20(16)22-15(18)5/h10-11,13H,6-9,12H2,1-5H3. The lowest BCUT2D eigenvalue weighted by molar-refractivity contribution is -0.116. The zero-order valence-corrected chi connectivity index (χ0v) is 14.6. The number of aryl methyl sites for hydroxylation is 1. The number of allylic oxidation sites excluding steroid dienone is 2. The summed E-state index contributed by atoms with van der Waals surface area (Å²) < 4.78 is 6.08. The van der Waals surface area contributed by atoms with E-state index in [4.69, 9.17) is 4.74 Å². The molecule has 120 valence electrons. The summed E-state index contributed by atoms with van der Waals surface area (Å²) in [5, 5.41) is 0. The van der Waals surface area contributed by atoms with Crippen molar-refractivity contribution in [2.45, 2.75) is 72.6 Å². The molecule has 1 aliphatic heterocycles. The third-order valence-electron chi connectivity index (χ3n) is 4.35.